The van der Waals surface area contributed by atoms with E-state index < -0.39 is 0 Å². The van der Waals surface area contributed by atoms with Gasteiger partial charge >= 0.3 is 0 Å². The van der Waals surface area contributed by atoms with Crippen molar-refractivity contribution < 1.29 is 4.79 Å². The van der Waals surface area contributed by atoms with Crippen molar-refractivity contribution in [2.45, 2.75) is 46.5 Å². The van der Waals surface area contributed by atoms with E-state index in [2.05, 4.69) is 23.6 Å². The summed E-state index contributed by atoms with van der Waals surface area (Å²) in [5, 5.41) is 0. The Balaban J connectivity index is 5.62. The highest BCUT2D eigenvalue weighted by Crippen LogP contribution is 2.20. The number of unbranched alkanes of at least 4 members (excludes halogenated alkanes) is 2. The molecule has 0 aromatic heterocycles. The number of nitrogens with zero attached hydrogens (tertiary/aromatic N) is 2. The topological polar surface area (TPSA) is 67.8 Å². The third-order valence-electron chi connectivity index (χ3n) is 2.92. The van der Waals surface area contributed by atoms with Crippen molar-refractivity contribution in [3.8, 4) is 0 Å². The fourth-order valence-electron chi connectivity index (χ4n) is 1.68. The molecular weight excluding hydrogens is 238 g/mol. The standard InChI is InChI=1S/C15H25N3O/c1-6-8-9-10-12(13(19)7-2)14(17-4)11(3)15(16)18-5/h10H,4,6-9H2,1-3,5H3,(H2,16,18)/b12-10-,14-11-. The third-order valence-corrected chi connectivity index (χ3v) is 2.92. The molecule has 0 bridgehead atoms. The van der Waals surface area contributed by atoms with Gasteiger partial charge in [0.25, 0.3) is 0 Å². The van der Waals surface area contributed by atoms with Gasteiger partial charge in [0.1, 0.15) is 5.84 Å². The number of Topliss-reactive ketones (excluding diaryl/α,β-unsaturated/α-hetero) is 1. The first-order valence-electron chi connectivity index (χ1n) is 6.67. The summed E-state index contributed by atoms with van der Waals surface area (Å²) in [7, 11) is 1.61. The number of rotatable bonds is 8. The minimum absolute atomic E-state index is 0.0572. The number of amidine groups is 1. The monoisotopic (exact) mass is 263 g/mol. The van der Waals surface area contributed by atoms with Gasteiger partial charge in [-0.25, -0.2) is 0 Å². The molecule has 0 aromatic carbocycles. The first-order valence-corrected chi connectivity index (χ1v) is 6.67. The highest BCUT2D eigenvalue weighted by molar-refractivity contribution is 6.04. The van der Waals surface area contributed by atoms with Gasteiger partial charge in [0.15, 0.2) is 5.78 Å². The van der Waals surface area contributed by atoms with Gasteiger partial charge in [-0.2, -0.15) is 0 Å². The van der Waals surface area contributed by atoms with E-state index in [1.54, 1.807) is 7.05 Å². The molecule has 0 aliphatic carbocycles. The van der Waals surface area contributed by atoms with Crippen molar-refractivity contribution in [1.82, 2.24) is 0 Å². The first-order chi connectivity index (χ1) is 9.03. The van der Waals surface area contributed by atoms with Crippen LogP contribution in [-0.4, -0.2) is 25.4 Å². The Morgan fingerprint density at radius 3 is 2.42 bits per heavy atom. The second-order valence-corrected chi connectivity index (χ2v) is 4.28. The van der Waals surface area contributed by atoms with E-state index >= 15 is 0 Å². The molecule has 4 nitrogen and oxygen atoms in total. The number of hydrogen-bond donors (Lipinski definition) is 1. The Labute approximate surface area is 116 Å². The second-order valence-electron chi connectivity index (χ2n) is 4.28. The Morgan fingerprint density at radius 1 is 1.37 bits per heavy atom. The van der Waals surface area contributed by atoms with Crippen LogP contribution in [0.3, 0.4) is 0 Å². The lowest BCUT2D eigenvalue weighted by atomic mass is 9.99. The lowest BCUT2D eigenvalue weighted by Crippen LogP contribution is -2.16. The number of allylic oxidation sites excluding steroid dienone is 2. The average molecular weight is 263 g/mol. The summed E-state index contributed by atoms with van der Waals surface area (Å²) >= 11 is 0. The minimum Gasteiger partial charge on any atom is -0.384 e. The van der Waals surface area contributed by atoms with E-state index in [4.69, 9.17) is 5.73 Å². The third kappa shape index (κ3) is 5.20. The van der Waals surface area contributed by atoms with Crippen molar-refractivity contribution in [2.24, 2.45) is 15.7 Å². The Bertz CT molecular complexity index is 417. The number of ketones is 1. The molecule has 0 saturated heterocycles. The van der Waals surface area contributed by atoms with E-state index in [1.807, 2.05) is 19.9 Å². The van der Waals surface area contributed by atoms with Crippen LogP contribution in [0.25, 0.3) is 0 Å². The van der Waals surface area contributed by atoms with E-state index in [9.17, 15) is 4.79 Å². The zero-order valence-corrected chi connectivity index (χ0v) is 12.5. The van der Waals surface area contributed by atoms with Crippen molar-refractivity contribution in [1.29, 1.82) is 0 Å². The molecule has 0 amide bonds. The summed E-state index contributed by atoms with van der Waals surface area (Å²) < 4.78 is 0. The number of carbonyl (C=O) groups excluding carboxylic acids is 1. The Morgan fingerprint density at radius 2 is 2.00 bits per heavy atom. The lowest BCUT2D eigenvalue weighted by Gasteiger charge is -2.10. The van der Waals surface area contributed by atoms with Gasteiger partial charge in [-0.1, -0.05) is 32.8 Å². The minimum atomic E-state index is 0.0572. The summed E-state index contributed by atoms with van der Waals surface area (Å²) in [4.78, 5) is 20.0. The Kier molecular flexibility index (Phi) is 8.42. The predicted octanol–water partition coefficient (Wildman–Crippen LogP) is 3.04. The largest absolute Gasteiger partial charge is 0.384 e. The number of aliphatic imine (C=N–C) groups is 2. The predicted molar refractivity (Wildman–Crippen MR) is 82.7 cm³/mol. The van der Waals surface area contributed by atoms with Gasteiger partial charge in [-0.05, 0) is 20.1 Å². The molecule has 19 heavy (non-hydrogen) atoms. The van der Waals surface area contributed by atoms with Gasteiger partial charge in [0.2, 0.25) is 0 Å². The molecule has 4 heteroatoms. The van der Waals surface area contributed by atoms with Crippen LogP contribution in [0, 0.1) is 0 Å². The van der Waals surface area contributed by atoms with Crippen molar-refractivity contribution >= 4 is 18.3 Å². The molecular formula is C15H25N3O. The first kappa shape index (κ1) is 17.3. The lowest BCUT2D eigenvalue weighted by molar-refractivity contribution is -0.115. The summed E-state index contributed by atoms with van der Waals surface area (Å²) in [5.41, 5.74) is 7.64. The highest BCUT2D eigenvalue weighted by Gasteiger charge is 2.15. The van der Waals surface area contributed by atoms with Gasteiger partial charge in [-0.15, -0.1) is 0 Å². The fourth-order valence-corrected chi connectivity index (χ4v) is 1.68. The summed E-state index contributed by atoms with van der Waals surface area (Å²) in [6.07, 6.45) is 5.36. The normalized spacial score (nSPS) is 14.1. The van der Waals surface area contributed by atoms with Crippen molar-refractivity contribution in [3.05, 3.63) is 22.9 Å². The molecule has 0 radical (unpaired) electrons. The molecule has 0 heterocycles. The molecule has 0 aromatic rings. The molecule has 0 unspecified atom stereocenters. The van der Waals surface area contributed by atoms with E-state index in [-0.39, 0.29) is 5.78 Å². The van der Waals surface area contributed by atoms with E-state index in [1.165, 1.54) is 0 Å². The van der Waals surface area contributed by atoms with Crippen LogP contribution in [0.1, 0.15) is 46.5 Å². The van der Waals surface area contributed by atoms with Crippen LogP contribution in [0.2, 0.25) is 0 Å². The van der Waals surface area contributed by atoms with Crippen LogP contribution < -0.4 is 5.73 Å². The SMILES string of the molecule is C=NC(=C(/C)C(N)=NC)/C(=C\CCCC)C(=O)CC. The van der Waals surface area contributed by atoms with Crippen LogP contribution in [0.4, 0.5) is 0 Å². The summed E-state index contributed by atoms with van der Waals surface area (Å²) in [6, 6.07) is 0. The number of nitrogens with two attached hydrogens (primary N) is 1. The van der Waals surface area contributed by atoms with E-state index in [0.717, 1.165) is 19.3 Å². The second kappa shape index (κ2) is 9.25. The fraction of sp³-hybridized carbons (Fsp3) is 0.533. The molecule has 0 saturated carbocycles. The maximum absolute atomic E-state index is 12.1. The average Bonchev–Trinajstić information content (AvgIpc) is 2.44. The molecule has 0 spiro atoms. The summed E-state index contributed by atoms with van der Waals surface area (Å²) in [6.45, 7) is 9.31. The quantitative estimate of drug-likeness (QED) is 0.240. The smallest absolute Gasteiger partial charge is 0.164 e. The van der Waals surface area contributed by atoms with Crippen molar-refractivity contribution in [2.75, 3.05) is 7.05 Å². The molecule has 0 fully saturated rings. The van der Waals surface area contributed by atoms with Crippen LogP contribution in [0.5, 0.6) is 0 Å². The maximum Gasteiger partial charge on any atom is 0.164 e. The van der Waals surface area contributed by atoms with Gasteiger partial charge in [-0.3, -0.25) is 14.8 Å². The molecule has 0 aliphatic rings. The Hall–Kier alpha value is -1.71. The maximum atomic E-state index is 12.1. The number of hydrogen-bond acceptors (Lipinski definition) is 3. The molecule has 2 N–H and O–H groups in total. The van der Waals surface area contributed by atoms with Gasteiger partial charge in [0.05, 0.1) is 5.70 Å². The zero-order valence-electron chi connectivity index (χ0n) is 12.5. The highest BCUT2D eigenvalue weighted by atomic mass is 16.1. The van der Waals surface area contributed by atoms with Gasteiger partial charge in [0, 0.05) is 24.6 Å². The van der Waals surface area contributed by atoms with Crippen molar-refractivity contribution in [3.63, 3.8) is 0 Å². The zero-order chi connectivity index (χ0) is 14.8. The molecule has 0 atom stereocenters. The number of carbonyl (C=O) groups is 1. The van der Waals surface area contributed by atoms with Crippen LogP contribution in [-0.2, 0) is 4.79 Å². The summed E-state index contributed by atoms with van der Waals surface area (Å²) in [5.74, 6) is 0.439. The molecule has 0 aliphatic heterocycles. The molecule has 106 valence electrons. The van der Waals surface area contributed by atoms with Crippen LogP contribution >= 0.6 is 0 Å². The van der Waals surface area contributed by atoms with E-state index in [0.29, 0.717) is 29.1 Å². The molecule has 0 rings (SSSR count). The van der Waals surface area contributed by atoms with Gasteiger partial charge < -0.3 is 5.73 Å². The van der Waals surface area contributed by atoms with Crippen LogP contribution in [0.15, 0.2) is 32.9 Å².